The Morgan fingerprint density at radius 1 is 1.27 bits per heavy atom. The van der Waals surface area contributed by atoms with Gasteiger partial charge in [0.25, 0.3) is 0 Å². The molecule has 1 rings (SSSR count). The second-order valence-electron chi connectivity index (χ2n) is 2.68. The SMILES string of the molecule is CCOP(OCC)OCc1cnc(C)s1. The van der Waals surface area contributed by atoms with Crippen molar-refractivity contribution in [3.05, 3.63) is 16.1 Å². The standard InChI is InChI=1S/C9H16NO3PS/c1-4-11-14(12-5-2)13-7-9-6-10-8(3)15-9/h6H,4-5,7H2,1-3H3. The maximum absolute atomic E-state index is 5.51. The fourth-order valence-corrected chi connectivity index (χ4v) is 2.60. The molecule has 4 nitrogen and oxygen atoms in total. The van der Waals surface area contributed by atoms with E-state index in [4.69, 9.17) is 13.6 Å². The number of rotatable bonds is 7. The van der Waals surface area contributed by atoms with E-state index in [9.17, 15) is 0 Å². The van der Waals surface area contributed by atoms with E-state index in [1.54, 1.807) is 11.3 Å². The van der Waals surface area contributed by atoms with Crippen LogP contribution in [-0.4, -0.2) is 18.2 Å². The predicted octanol–water partition coefficient (Wildman–Crippen LogP) is 3.27. The molecule has 0 spiro atoms. The molecule has 0 aromatic carbocycles. The molecule has 0 aliphatic carbocycles. The third-order valence-electron chi connectivity index (χ3n) is 1.45. The van der Waals surface area contributed by atoms with Crippen LogP contribution < -0.4 is 0 Å². The van der Waals surface area contributed by atoms with Gasteiger partial charge in [0, 0.05) is 6.20 Å². The van der Waals surface area contributed by atoms with Gasteiger partial charge in [-0.2, -0.15) is 0 Å². The first-order chi connectivity index (χ1) is 7.26. The van der Waals surface area contributed by atoms with Gasteiger partial charge in [-0.25, -0.2) is 4.98 Å². The molecule has 0 radical (unpaired) electrons. The maximum atomic E-state index is 5.51. The van der Waals surface area contributed by atoms with Gasteiger partial charge in [0.1, 0.15) is 0 Å². The van der Waals surface area contributed by atoms with Gasteiger partial charge in [-0.15, -0.1) is 11.3 Å². The van der Waals surface area contributed by atoms with Crippen LogP contribution in [0.25, 0.3) is 0 Å². The summed E-state index contributed by atoms with van der Waals surface area (Å²) in [5.74, 6) is 0. The summed E-state index contributed by atoms with van der Waals surface area (Å²) in [5.41, 5.74) is 0. The third kappa shape index (κ3) is 5.00. The minimum absolute atomic E-state index is 0.511. The van der Waals surface area contributed by atoms with Gasteiger partial charge >= 0.3 is 8.60 Å². The number of nitrogens with zero attached hydrogens (tertiary/aromatic N) is 1. The van der Waals surface area contributed by atoms with Crippen LogP contribution in [0.1, 0.15) is 23.7 Å². The molecule has 0 amide bonds. The molecule has 15 heavy (non-hydrogen) atoms. The Morgan fingerprint density at radius 3 is 2.40 bits per heavy atom. The fraction of sp³-hybridized carbons (Fsp3) is 0.667. The lowest BCUT2D eigenvalue weighted by Crippen LogP contribution is -1.94. The highest BCUT2D eigenvalue weighted by Crippen LogP contribution is 2.40. The smallest absolute Gasteiger partial charge is 0.313 e. The van der Waals surface area contributed by atoms with E-state index in [0.29, 0.717) is 19.8 Å². The van der Waals surface area contributed by atoms with Gasteiger partial charge < -0.3 is 13.6 Å². The van der Waals surface area contributed by atoms with Crippen LogP contribution in [0.4, 0.5) is 0 Å². The number of hydrogen-bond acceptors (Lipinski definition) is 5. The second-order valence-corrected chi connectivity index (χ2v) is 5.22. The normalized spacial score (nSPS) is 11.2. The predicted molar refractivity (Wildman–Crippen MR) is 61.8 cm³/mol. The molecule has 1 aromatic rings. The number of aromatic nitrogens is 1. The van der Waals surface area contributed by atoms with Crippen molar-refractivity contribution in [2.24, 2.45) is 0 Å². The first kappa shape index (κ1) is 13.0. The van der Waals surface area contributed by atoms with E-state index in [1.807, 2.05) is 27.0 Å². The van der Waals surface area contributed by atoms with Crippen molar-refractivity contribution in [3.8, 4) is 0 Å². The van der Waals surface area contributed by atoms with Crippen LogP contribution in [0.2, 0.25) is 0 Å². The summed E-state index contributed by atoms with van der Waals surface area (Å²) in [6.07, 6.45) is 1.82. The van der Waals surface area contributed by atoms with Crippen molar-refractivity contribution in [1.29, 1.82) is 0 Å². The van der Waals surface area contributed by atoms with Crippen molar-refractivity contribution in [2.45, 2.75) is 27.4 Å². The van der Waals surface area contributed by atoms with Crippen molar-refractivity contribution in [2.75, 3.05) is 13.2 Å². The van der Waals surface area contributed by atoms with E-state index in [0.717, 1.165) is 9.88 Å². The van der Waals surface area contributed by atoms with Crippen molar-refractivity contribution >= 4 is 19.9 Å². The number of hydrogen-bond donors (Lipinski definition) is 0. The zero-order valence-electron chi connectivity index (χ0n) is 9.23. The van der Waals surface area contributed by atoms with Crippen molar-refractivity contribution in [1.82, 2.24) is 4.98 Å². The fourth-order valence-electron chi connectivity index (χ4n) is 0.911. The molecule has 6 heteroatoms. The topological polar surface area (TPSA) is 40.6 Å². The zero-order chi connectivity index (χ0) is 11.1. The zero-order valence-corrected chi connectivity index (χ0v) is 10.9. The summed E-state index contributed by atoms with van der Waals surface area (Å²) >= 11 is 1.63. The van der Waals surface area contributed by atoms with Gasteiger partial charge in [0.05, 0.1) is 29.7 Å². The van der Waals surface area contributed by atoms with Gasteiger partial charge in [0.2, 0.25) is 0 Å². The Labute approximate surface area is 95.6 Å². The molecule has 0 N–H and O–H groups in total. The van der Waals surface area contributed by atoms with Crippen molar-refractivity contribution < 1.29 is 13.6 Å². The molecule has 0 saturated carbocycles. The molecule has 1 heterocycles. The average Bonchev–Trinajstić information content (AvgIpc) is 2.61. The van der Waals surface area contributed by atoms with Gasteiger partial charge in [-0.05, 0) is 20.8 Å². The van der Waals surface area contributed by atoms with Gasteiger partial charge in [-0.1, -0.05) is 0 Å². The molecule has 0 bridgehead atoms. The first-order valence-electron chi connectivity index (χ1n) is 4.86. The Kier molecular flexibility index (Phi) is 6.29. The van der Waals surface area contributed by atoms with Crippen LogP contribution >= 0.6 is 19.9 Å². The van der Waals surface area contributed by atoms with E-state index >= 15 is 0 Å². The molecule has 0 saturated heterocycles. The summed E-state index contributed by atoms with van der Waals surface area (Å²) in [6, 6.07) is 0. The molecule has 0 aliphatic rings. The molecular weight excluding hydrogens is 233 g/mol. The molecule has 0 aliphatic heterocycles. The highest BCUT2D eigenvalue weighted by Gasteiger charge is 2.11. The lowest BCUT2D eigenvalue weighted by atomic mass is 10.6. The molecule has 0 fully saturated rings. The average molecular weight is 249 g/mol. The molecule has 1 aromatic heterocycles. The number of aryl methyl sites for hydroxylation is 1. The summed E-state index contributed by atoms with van der Waals surface area (Å²) in [4.78, 5) is 5.25. The summed E-state index contributed by atoms with van der Waals surface area (Å²) < 4.78 is 16.1. The Balaban J connectivity index is 2.32. The van der Waals surface area contributed by atoms with Crippen LogP contribution in [0, 0.1) is 6.92 Å². The highest BCUT2D eigenvalue weighted by atomic mass is 32.1. The monoisotopic (exact) mass is 249 g/mol. The molecule has 0 atom stereocenters. The summed E-state index contributed by atoms with van der Waals surface area (Å²) in [7, 11) is -1.20. The van der Waals surface area contributed by atoms with Crippen LogP contribution in [0.5, 0.6) is 0 Å². The Morgan fingerprint density at radius 2 is 1.93 bits per heavy atom. The van der Waals surface area contributed by atoms with E-state index in [1.165, 1.54) is 0 Å². The lowest BCUT2D eigenvalue weighted by molar-refractivity contribution is 0.165. The summed E-state index contributed by atoms with van der Waals surface area (Å²) in [6.45, 7) is 7.54. The first-order valence-corrected chi connectivity index (χ1v) is 6.77. The summed E-state index contributed by atoms with van der Waals surface area (Å²) in [5, 5.41) is 1.05. The number of thiazole rings is 1. The van der Waals surface area contributed by atoms with E-state index in [2.05, 4.69) is 4.98 Å². The van der Waals surface area contributed by atoms with E-state index < -0.39 is 8.60 Å². The second kappa shape index (κ2) is 7.25. The van der Waals surface area contributed by atoms with Gasteiger partial charge in [-0.3, -0.25) is 0 Å². The third-order valence-corrected chi connectivity index (χ3v) is 3.61. The molecular formula is C9H16NO3PS. The molecule has 0 unspecified atom stereocenters. The van der Waals surface area contributed by atoms with E-state index in [-0.39, 0.29) is 0 Å². The molecule has 86 valence electrons. The van der Waals surface area contributed by atoms with Crippen LogP contribution in [0.15, 0.2) is 6.20 Å². The van der Waals surface area contributed by atoms with Gasteiger partial charge in [0.15, 0.2) is 0 Å². The van der Waals surface area contributed by atoms with Crippen molar-refractivity contribution in [3.63, 3.8) is 0 Å². The highest BCUT2D eigenvalue weighted by molar-refractivity contribution is 7.41. The quantitative estimate of drug-likeness (QED) is 0.695. The maximum Gasteiger partial charge on any atom is 0.332 e. The lowest BCUT2D eigenvalue weighted by Gasteiger charge is -2.13. The van der Waals surface area contributed by atoms with Crippen LogP contribution in [0.3, 0.4) is 0 Å². The minimum Gasteiger partial charge on any atom is -0.313 e. The van der Waals surface area contributed by atoms with Crippen LogP contribution in [-0.2, 0) is 20.2 Å². The minimum atomic E-state index is -1.20. The Hall–Kier alpha value is -0.0600. The largest absolute Gasteiger partial charge is 0.332 e. The Bertz CT molecular complexity index is 276.